The van der Waals surface area contributed by atoms with Crippen LogP contribution in [0.15, 0.2) is 0 Å². The Morgan fingerprint density at radius 1 is 1.12 bits per heavy atom. The van der Waals surface area contributed by atoms with Gasteiger partial charge in [-0.1, -0.05) is 0 Å². The van der Waals surface area contributed by atoms with Crippen molar-refractivity contribution in [2.24, 2.45) is 11.3 Å². The van der Waals surface area contributed by atoms with Gasteiger partial charge in [0.05, 0.1) is 0 Å². The van der Waals surface area contributed by atoms with Crippen molar-refractivity contribution in [3.8, 4) is 0 Å². The predicted molar refractivity (Wildman–Crippen MR) is 66.4 cm³/mol. The first kappa shape index (κ1) is 12.1. The second-order valence-electron chi connectivity index (χ2n) is 6.10. The van der Waals surface area contributed by atoms with Crippen molar-refractivity contribution in [1.82, 2.24) is 4.90 Å². The fourth-order valence-corrected chi connectivity index (χ4v) is 3.40. The first-order valence-corrected chi connectivity index (χ1v) is 6.85. The zero-order valence-electron chi connectivity index (χ0n) is 10.7. The second kappa shape index (κ2) is 4.87. The Morgan fingerprint density at radius 3 is 2.12 bits per heavy atom. The summed E-state index contributed by atoms with van der Waals surface area (Å²) in [5, 5.41) is 0. The number of hydrogen-bond acceptors (Lipinski definition) is 2. The van der Waals surface area contributed by atoms with Crippen LogP contribution in [0, 0.1) is 11.3 Å². The van der Waals surface area contributed by atoms with Crippen molar-refractivity contribution in [3.63, 3.8) is 0 Å². The molecule has 0 N–H and O–H groups in total. The topological polar surface area (TPSA) is 20.3 Å². The van der Waals surface area contributed by atoms with Gasteiger partial charge in [0.15, 0.2) is 0 Å². The van der Waals surface area contributed by atoms with E-state index >= 15 is 0 Å². The molecular weight excluding hydrogens is 198 g/mol. The first-order valence-electron chi connectivity index (χ1n) is 6.85. The lowest BCUT2D eigenvalue weighted by atomic mass is 9.65. The van der Waals surface area contributed by atoms with Crippen LogP contribution in [0.25, 0.3) is 0 Å². The molecule has 1 aliphatic heterocycles. The highest BCUT2D eigenvalue weighted by Crippen LogP contribution is 2.46. The van der Waals surface area contributed by atoms with Gasteiger partial charge in [-0.05, 0) is 70.9 Å². The normalized spacial score (nSPS) is 27.4. The number of aldehydes is 1. The molecule has 2 nitrogen and oxygen atoms in total. The summed E-state index contributed by atoms with van der Waals surface area (Å²) >= 11 is 0. The minimum atomic E-state index is 0.369. The van der Waals surface area contributed by atoms with Gasteiger partial charge in [-0.25, -0.2) is 0 Å². The fraction of sp³-hybridized carbons (Fsp3) is 0.929. The SMILES string of the molecule is CC(C)N1CCC2(CCC(C=O)CC2)CC1. The quantitative estimate of drug-likeness (QED) is 0.671. The van der Waals surface area contributed by atoms with Crippen molar-refractivity contribution < 1.29 is 4.79 Å². The van der Waals surface area contributed by atoms with Crippen LogP contribution in [0.4, 0.5) is 0 Å². The van der Waals surface area contributed by atoms with E-state index in [1.165, 1.54) is 45.1 Å². The van der Waals surface area contributed by atoms with E-state index in [0.29, 0.717) is 17.4 Å². The van der Waals surface area contributed by atoms with Gasteiger partial charge < -0.3 is 9.69 Å². The van der Waals surface area contributed by atoms with E-state index in [1.54, 1.807) is 0 Å². The maximum Gasteiger partial charge on any atom is 0.123 e. The Hall–Kier alpha value is -0.370. The predicted octanol–water partition coefficient (Wildman–Crippen LogP) is 2.87. The molecule has 16 heavy (non-hydrogen) atoms. The summed E-state index contributed by atoms with van der Waals surface area (Å²) in [6.45, 7) is 7.12. The summed E-state index contributed by atoms with van der Waals surface area (Å²) in [5.41, 5.74) is 0.602. The number of likely N-dealkylation sites (tertiary alicyclic amines) is 1. The van der Waals surface area contributed by atoms with Gasteiger partial charge in [0.25, 0.3) is 0 Å². The summed E-state index contributed by atoms with van der Waals surface area (Å²) < 4.78 is 0. The standard InChI is InChI=1S/C14H25NO/c1-12(2)15-9-7-14(8-10-15)5-3-13(11-16)4-6-14/h11-13H,3-10H2,1-2H3. The minimum absolute atomic E-state index is 0.369. The smallest absolute Gasteiger partial charge is 0.123 e. The van der Waals surface area contributed by atoms with Crippen molar-refractivity contribution >= 4 is 6.29 Å². The Morgan fingerprint density at radius 2 is 1.69 bits per heavy atom. The minimum Gasteiger partial charge on any atom is -0.303 e. The summed E-state index contributed by atoms with van der Waals surface area (Å²) in [6, 6.07) is 0.698. The van der Waals surface area contributed by atoms with Gasteiger partial charge in [0, 0.05) is 12.0 Å². The highest BCUT2D eigenvalue weighted by Gasteiger charge is 2.38. The van der Waals surface area contributed by atoms with Crippen LogP contribution in [0.1, 0.15) is 52.4 Å². The average Bonchev–Trinajstić information content (AvgIpc) is 2.31. The van der Waals surface area contributed by atoms with Crippen LogP contribution in [0.2, 0.25) is 0 Å². The van der Waals surface area contributed by atoms with E-state index < -0.39 is 0 Å². The third-order valence-electron chi connectivity index (χ3n) is 4.87. The molecule has 1 spiro atoms. The molecule has 1 saturated carbocycles. The van der Waals surface area contributed by atoms with E-state index in [2.05, 4.69) is 18.7 Å². The zero-order valence-corrected chi connectivity index (χ0v) is 10.7. The molecule has 2 heteroatoms. The third-order valence-corrected chi connectivity index (χ3v) is 4.87. The molecule has 0 atom stereocenters. The summed E-state index contributed by atoms with van der Waals surface area (Å²) in [4.78, 5) is 13.4. The van der Waals surface area contributed by atoms with Crippen LogP contribution in [0.3, 0.4) is 0 Å². The number of nitrogens with zero attached hydrogens (tertiary/aromatic N) is 1. The van der Waals surface area contributed by atoms with E-state index in [-0.39, 0.29) is 0 Å². The number of piperidine rings is 1. The zero-order chi connectivity index (χ0) is 11.6. The second-order valence-corrected chi connectivity index (χ2v) is 6.10. The molecule has 0 aromatic rings. The lowest BCUT2D eigenvalue weighted by molar-refractivity contribution is -0.113. The van der Waals surface area contributed by atoms with Gasteiger partial charge in [-0.2, -0.15) is 0 Å². The Bertz CT molecular complexity index is 231. The number of rotatable bonds is 2. The van der Waals surface area contributed by atoms with E-state index in [1.807, 2.05) is 0 Å². The van der Waals surface area contributed by atoms with Gasteiger partial charge in [0.1, 0.15) is 6.29 Å². The average molecular weight is 223 g/mol. The molecule has 92 valence electrons. The summed E-state index contributed by atoms with van der Waals surface area (Å²) in [5.74, 6) is 0.369. The molecule has 0 aromatic carbocycles. The van der Waals surface area contributed by atoms with Gasteiger partial charge >= 0.3 is 0 Å². The van der Waals surface area contributed by atoms with Crippen molar-refractivity contribution in [1.29, 1.82) is 0 Å². The molecule has 1 saturated heterocycles. The number of hydrogen-bond donors (Lipinski definition) is 0. The molecular formula is C14H25NO. The van der Waals surface area contributed by atoms with E-state index in [4.69, 9.17) is 0 Å². The Labute approximate surface area is 99.4 Å². The summed E-state index contributed by atoms with van der Waals surface area (Å²) in [7, 11) is 0. The first-order chi connectivity index (χ1) is 7.65. The highest BCUT2D eigenvalue weighted by molar-refractivity contribution is 5.53. The van der Waals surface area contributed by atoms with Crippen LogP contribution >= 0.6 is 0 Å². The molecule has 1 heterocycles. The molecule has 0 amide bonds. The molecule has 2 fully saturated rings. The van der Waals surface area contributed by atoms with Crippen LogP contribution in [0.5, 0.6) is 0 Å². The molecule has 0 bridgehead atoms. The van der Waals surface area contributed by atoms with Crippen LogP contribution in [-0.2, 0) is 4.79 Å². The van der Waals surface area contributed by atoms with Gasteiger partial charge in [0.2, 0.25) is 0 Å². The monoisotopic (exact) mass is 223 g/mol. The Kier molecular flexibility index (Phi) is 3.68. The lowest BCUT2D eigenvalue weighted by Gasteiger charge is -2.46. The van der Waals surface area contributed by atoms with Crippen LogP contribution < -0.4 is 0 Å². The maximum absolute atomic E-state index is 10.8. The molecule has 0 unspecified atom stereocenters. The largest absolute Gasteiger partial charge is 0.303 e. The molecule has 2 rings (SSSR count). The molecule has 2 aliphatic rings. The fourth-order valence-electron chi connectivity index (χ4n) is 3.40. The lowest BCUT2D eigenvalue weighted by Crippen LogP contribution is -2.44. The molecule has 0 radical (unpaired) electrons. The third kappa shape index (κ3) is 2.48. The maximum atomic E-state index is 10.8. The Balaban J connectivity index is 1.86. The number of carbonyl (C=O) groups is 1. The number of carbonyl (C=O) groups excluding carboxylic acids is 1. The van der Waals surface area contributed by atoms with Crippen LogP contribution in [-0.4, -0.2) is 30.3 Å². The van der Waals surface area contributed by atoms with Crippen molar-refractivity contribution in [3.05, 3.63) is 0 Å². The van der Waals surface area contributed by atoms with Crippen molar-refractivity contribution in [2.75, 3.05) is 13.1 Å². The van der Waals surface area contributed by atoms with E-state index in [0.717, 1.165) is 12.8 Å². The van der Waals surface area contributed by atoms with E-state index in [9.17, 15) is 4.79 Å². The highest BCUT2D eigenvalue weighted by atomic mass is 16.1. The van der Waals surface area contributed by atoms with Gasteiger partial charge in [-0.3, -0.25) is 0 Å². The molecule has 0 aromatic heterocycles. The molecule has 1 aliphatic carbocycles. The summed E-state index contributed by atoms with van der Waals surface area (Å²) in [6.07, 6.45) is 8.77. The van der Waals surface area contributed by atoms with Gasteiger partial charge in [-0.15, -0.1) is 0 Å². The van der Waals surface area contributed by atoms with Crippen molar-refractivity contribution in [2.45, 2.75) is 58.4 Å².